The number of carbonyl (C=O) groups is 1. The third kappa shape index (κ3) is 3.34. The van der Waals surface area contributed by atoms with Crippen molar-refractivity contribution < 1.29 is 27.8 Å². The van der Waals surface area contributed by atoms with Gasteiger partial charge in [0.15, 0.2) is 0 Å². The van der Waals surface area contributed by atoms with E-state index in [4.69, 9.17) is 5.73 Å². The molecule has 0 spiro atoms. The standard InChI is InChI=1S/C12H14F3NO3.ClH/c1-3-19-11(18)12(14,15)10(16)8-7(13)5-4-6(2)9(8)17;/h4-5,10,17H,3,16H2,1-2H3;1H/t10-;/m0./s1. The number of rotatable bonds is 4. The van der Waals surface area contributed by atoms with Crippen LogP contribution in [0.4, 0.5) is 13.2 Å². The molecular formula is C12H15ClF3NO3. The summed E-state index contributed by atoms with van der Waals surface area (Å²) in [6.45, 7) is 2.49. The van der Waals surface area contributed by atoms with Crippen molar-refractivity contribution in [1.82, 2.24) is 0 Å². The van der Waals surface area contributed by atoms with E-state index in [1.807, 2.05) is 0 Å². The van der Waals surface area contributed by atoms with Crippen LogP contribution in [0.25, 0.3) is 0 Å². The maximum atomic E-state index is 13.7. The summed E-state index contributed by atoms with van der Waals surface area (Å²) in [5, 5.41) is 9.62. The highest BCUT2D eigenvalue weighted by molar-refractivity contribution is 5.85. The fraction of sp³-hybridized carbons (Fsp3) is 0.417. The lowest BCUT2D eigenvalue weighted by atomic mass is 9.97. The first-order chi connectivity index (χ1) is 8.73. The van der Waals surface area contributed by atoms with Crippen molar-refractivity contribution >= 4 is 18.4 Å². The number of alkyl halides is 2. The zero-order chi connectivity index (χ0) is 14.8. The number of aromatic hydroxyl groups is 1. The molecule has 0 amide bonds. The SMILES string of the molecule is CCOC(=O)C(F)(F)[C@@H](N)c1c(F)ccc(C)c1O.Cl. The van der Waals surface area contributed by atoms with Crippen LogP contribution in [0.15, 0.2) is 12.1 Å². The highest BCUT2D eigenvalue weighted by Gasteiger charge is 2.49. The third-order valence-corrected chi connectivity index (χ3v) is 2.61. The second-order valence-corrected chi connectivity index (χ2v) is 3.95. The molecule has 0 saturated carbocycles. The molecule has 0 bridgehead atoms. The van der Waals surface area contributed by atoms with Gasteiger partial charge in [-0.05, 0) is 25.5 Å². The fourth-order valence-corrected chi connectivity index (χ4v) is 1.52. The van der Waals surface area contributed by atoms with E-state index in [-0.39, 0.29) is 24.6 Å². The van der Waals surface area contributed by atoms with Crippen molar-refractivity contribution in [1.29, 1.82) is 0 Å². The number of nitrogens with two attached hydrogens (primary N) is 1. The largest absolute Gasteiger partial charge is 0.507 e. The summed E-state index contributed by atoms with van der Waals surface area (Å²) in [4.78, 5) is 11.1. The van der Waals surface area contributed by atoms with E-state index in [9.17, 15) is 23.1 Å². The minimum atomic E-state index is -4.14. The van der Waals surface area contributed by atoms with Crippen LogP contribution in [0.3, 0.4) is 0 Å². The van der Waals surface area contributed by atoms with Gasteiger partial charge < -0.3 is 15.6 Å². The Morgan fingerprint density at radius 3 is 2.55 bits per heavy atom. The van der Waals surface area contributed by atoms with Gasteiger partial charge in [-0.25, -0.2) is 9.18 Å². The molecule has 0 heterocycles. The Morgan fingerprint density at radius 2 is 2.05 bits per heavy atom. The molecule has 8 heteroatoms. The maximum Gasteiger partial charge on any atom is 0.379 e. The summed E-state index contributed by atoms with van der Waals surface area (Å²) in [5.41, 5.74) is 4.59. The minimum Gasteiger partial charge on any atom is -0.507 e. The number of benzene rings is 1. The first-order valence-corrected chi connectivity index (χ1v) is 5.52. The Morgan fingerprint density at radius 1 is 1.50 bits per heavy atom. The Balaban J connectivity index is 0.00000361. The number of hydrogen-bond acceptors (Lipinski definition) is 4. The molecule has 0 aliphatic carbocycles. The number of aryl methyl sites for hydroxylation is 1. The summed E-state index contributed by atoms with van der Waals surface area (Å²) < 4.78 is 45.1. The van der Waals surface area contributed by atoms with Crippen LogP contribution < -0.4 is 5.73 Å². The summed E-state index contributed by atoms with van der Waals surface area (Å²) in [6, 6.07) is -0.221. The predicted octanol–water partition coefficient (Wildman–Crippen LogP) is 2.46. The summed E-state index contributed by atoms with van der Waals surface area (Å²) in [5.74, 6) is -7.80. The van der Waals surface area contributed by atoms with Crippen LogP contribution >= 0.6 is 12.4 Å². The number of hydrogen-bond donors (Lipinski definition) is 2. The van der Waals surface area contributed by atoms with Gasteiger partial charge in [0.05, 0.1) is 12.2 Å². The molecular weight excluding hydrogens is 299 g/mol. The molecule has 0 saturated heterocycles. The number of ether oxygens (including phenoxy) is 1. The van der Waals surface area contributed by atoms with Crippen molar-refractivity contribution in [3.8, 4) is 5.75 Å². The Labute approximate surface area is 120 Å². The zero-order valence-electron chi connectivity index (χ0n) is 10.8. The van der Waals surface area contributed by atoms with Crippen molar-refractivity contribution in [2.75, 3.05) is 6.61 Å². The van der Waals surface area contributed by atoms with Crippen molar-refractivity contribution in [3.05, 3.63) is 29.1 Å². The summed E-state index contributed by atoms with van der Waals surface area (Å²) in [6.07, 6.45) is 0. The smallest absolute Gasteiger partial charge is 0.379 e. The van der Waals surface area contributed by atoms with Gasteiger partial charge in [0.25, 0.3) is 0 Å². The van der Waals surface area contributed by atoms with E-state index in [0.29, 0.717) is 0 Å². The lowest BCUT2D eigenvalue weighted by Gasteiger charge is -2.23. The van der Waals surface area contributed by atoms with Gasteiger partial charge in [0.1, 0.15) is 17.6 Å². The van der Waals surface area contributed by atoms with Crippen LogP contribution in [0.1, 0.15) is 24.1 Å². The molecule has 20 heavy (non-hydrogen) atoms. The summed E-state index contributed by atoms with van der Waals surface area (Å²) in [7, 11) is 0. The highest BCUT2D eigenvalue weighted by atomic mass is 35.5. The molecule has 0 aromatic heterocycles. The van der Waals surface area contributed by atoms with E-state index in [0.717, 1.165) is 6.07 Å². The normalized spacial score (nSPS) is 12.5. The van der Waals surface area contributed by atoms with Gasteiger partial charge in [0.2, 0.25) is 0 Å². The second-order valence-electron chi connectivity index (χ2n) is 3.95. The van der Waals surface area contributed by atoms with Gasteiger partial charge in [-0.1, -0.05) is 6.07 Å². The van der Waals surface area contributed by atoms with Crippen LogP contribution in [0.5, 0.6) is 5.75 Å². The molecule has 0 unspecified atom stereocenters. The molecule has 1 aromatic carbocycles. The number of phenolic OH excluding ortho intramolecular Hbond substituents is 1. The quantitative estimate of drug-likeness (QED) is 0.838. The maximum absolute atomic E-state index is 13.7. The Bertz CT molecular complexity index is 497. The molecule has 1 aromatic rings. The fourth-order valence-electron chi connectivity index (χ4n) is 1.52. The molecule has 3 N–H and O–H groups in total. The van der Waals surface area contributed by atoms with Crippen molar-refractivity contribution in [3.63, 3.8) is 0 Å². The van der Waals surface area contributed by atoms with E-state index in [2.05, 4.69) is 4.74 Å². The predicted molar refractivity (Wildman–Crippen MR) is 68.6 cm³/mol. The Kier molecular flexibility index (Phi) is 6.31. The van der Waals surface area contributed by atoms with Gasteiger partial charge in [-0.3, -0.25) is 0 Å². The number of carbonyl (C=O) groups excluding carboxylic acids is 1. The number of esters is 1. The number of phenols is 1. The molecule has 0 aliphatic rings. The average molecular weight is 314 g/mol. The van der Waals surface area contributed by atoms with Gasteiger partial charge in [-0.15, -0.1) is 12.4 Å². The van der Waals surface area contributed by atoms with E-state index < -0.39 is 35.1 Å². The molecule has 1 atom stereocenters. The molecule has 0 radical (unpaired) electrons. The minimum absolute atomic E-state index is 0. The topological polar surface area (TPSA) is 72.5 Å². The van der Waals surface area contributed by atoms with E-state index in [1.165, 1.54) is 19.9 Å². The molecule has 1 rings (SSSR count). The van der Waals surface area contributed by atoms with E-state index >= 15 is 0 Å². The lowest BCUT2D eigenvalue weighted by molar-refractivity contribution is -0.175. The molecule has 0 fully saturated rings. The first kappa shape index (κ1) is 18.5. The van der Waals surface area contributed by atoms with Crippen molar-refractivity contribution in [2.24, 2.45) is 5.73 Å². The van der Waals surface area contributed by atoms with E-state index in [1.54, 1.807) is 0 Å². The van der Waals surface area contributed by atoms with Crippen LogP contribution in [-0.4, -0.2) is 23.6 Å². The number of halogens is 4. The highest BCUT2D eigenvalue weighted by Crippen LogP contribution is 2.37. The Hall–Kier alpha value is -1.47. The second kappa shape index (κ2) is 6.81. The zero-order valence-corrected chi connectivity index (χ0v) is 11.6. The van der Waals surface area contributed by atoms with Crippen LogP contribution in [0.2, 0.25) is 0 Å². The molecule has 0 aliphatic heterocycles. The van der Waals surface area contributed by atoms with Crippen LogP contribution in [0, 0.1) is 12.7 Å². The van der Waals surface area contributed by atoms with Crippen LogP contribution in [-0.2, 0) is 9.53 Å². The lowest BCUT2D eigenvalue weighted by Crippen LogP contribution is -2.42. The third-order valence-electron chi connectivity index (χ3n) is 2.61. The summed E-state index contributed by atoms with van der Waals surface area (Å²) >= 11 is 0. The molecule has 114 valence electrons. The van der Waals surface area contributed by atoms with Gasteiger partial charge in [0, 0.05) is 0 Å². The monoisotopic (exact) mass is 313 g/mol. The van der Waals surface area contributed by atoms with Gasteiger partial charge >= 0.3 is 11.9 Å². The van der Waals surface area contributed by atoms with Crippen molar-refractivity contribution in [2.45, 2.75) is 25.8 Å². The average Bonchev–Trinajstić information content (AvgIpc) is 2.34. The molecule has 4 nitrogen and oxygen atoms in total. The van der Waals surface area contributed by atoms with Gasteiger partial charge in [-0.2, -0.15) is 8.78 Å². The first-order valence-electron chi connectivity index (χ1n) is 5.52.